The van der Waals surface area contributed by atoms with Crippen molar-refractivity contribution in [2.45, 2.75) is 26.7 Å². The zero-order chi connectivity index (χ0) is 12.3. The molecule has 0 saturated carbocycles. The number of nitrogens with one attached hydrogen (secondary N) is 2. The number of aromatic nitrogens is 2. The van der Waals surface area contributed by atoms with E-state index < -0.39 is 0 Å². The van der Waals surface area contributed by atoms with E-state index in [9.17, 15) is 0 Å². The van der Waals surface area contributed by atoms with Gasteiger partial charge >= 0.3 is 0 Å². The molecule has 0 unspecified atom stereocenters. The van der Waals surface area contributed by atoms with Crippen molar-refractivity contribution in [3.63, 3.8) is 0 Å². The van der Waals surface area contributed by atoms with Gasteiger partial charge in [-0.25, -0.2) is 4.98 Å². The van der Waals surface area contributed by atoms with Gasteiger partial charge in [-0.05, 0) is 24.1 Å². The van der Waals surface area contributed by atoms with Crippen LogP contribution in [0.2, 0.25) is 0 Å². The average Bonchev–Trinajstić information content (AvgIpc) is 2.72. The highest BCUT2D eigenvalue weighted by molar-refractivity contribution is 5.80. The third-order valence-electron chi connectivity index (χ3n) is 3.22. The lowest BCUT2D eigenvalue weighted by Gasteiger charge is -2.12. The number of anilines is 2. The van der Waals surface area contributed by atoms with Gasteiger partial charge in [-0.3, -0.25) is 0 Å². The maximum absolute atomic E-state index is 5.73. The molecular weight excluding hydrogens is 212 g/mol. The van der Waals surface area contributed by atoms with E-state index in [2.05, 4.69) is 29.1 Å². The zero-order valence-corrected chi connectivity index (χ0v) is 10.5. The second-order valence-corrected chi connectivity index (χ2v) is 4.43. The summed E-state index contributed by atoms with van der Waals surface area (Å²) >= 11 is 0. The number of nitrogens with zero attached hydrogens (tertiary/aromatic N) is 1. The quantitative estimate of drug-likeness (QED) is 0.694. The third kappa shape index (κ3) is 2.70. The molecule has 1 aromatic heterocycles. The van der Waals surface area contributed by atoms with Gasteiger partial charge in [-0.15, -0.1) is 0 Å². The molecule has 4 N–H and O–H groups in total. The number of hydrogen-bond donors (Lipinski definition) is 3. The summed E-state index contributed by atoms with van der Waals surface area (Å²) in [5.41, 5.74) is 8.42. The van der Waals surface area contributed by atoms with Crippen LogP contribution in [0.15, 0.2) is 18.2 Å². The van der Waals surface area contributed by atoms with E-state index in [0.717, 1.165) is 29.2 Å². The minimum absolute atomic E-state index is 0.702. The molecular formula is C13H20N4. The van der Waals surface area contributed by atoms with E-state index in [1.165, 1.54) is 12.8 Å². The largest absolute Gasteiger partial charge is 0.399 e. The summed E-state index contributed by atoms with van der Waals surface area (Å²) in [6.07, 6.45) is 2.38. The fraction of sp³-hybridized carbons (Fsp3) is 0.462. The Balaban J connectivity index is 2.09. The van der Waals surface area contributed by atoms with Crippen molar-refractivity contribution < 1.29 is 0 Å². The van der Waals surface area contributed by atoms with Crippen LogP contribution in [-0.2, 0) is 0 Å². The van der Waals surface area contributed by atoms with Crippen LogP contribution in [0.4, 0.5) is 11.6 Å². The number of imidazole rings is 1. The third-order valence-corrected chi connectivity index (χ3v) is 3.22. The molecule has 0 spiro atoms. The topological polar surface area (TPSA) is 66.7 Å². The first kappa shape index (κ1) is 11.8. The lowest BCUT2D eigenvalue weighted by molar-refractivity contribution is 0.518. The van der Waals surface area contributed by atoms with Crippen LogP contribution in [-0.4, -0.2) is 16.5 Å². The summed E-state index contributed by atoms with van der Waals surface area (Å²) in [4.78, 5) is 7.71. The van der Waals surface area contributed by atoms with E-state index in [4.69, 9.17) is 5.73 Å². The molecule has 1 aromatic carbocycles. The SMILES string of the molecule is CCC(CC)CNc1nc2ccc(N)cc2[nH]1. The van der Waals surface area contributed by atoms with Gasteiger partial charge in [0.1, 0.15) is 0 Å². The number of nitrogens with two attached hydrogens (primary N) is 1. The van der Waals surface area contributed by atoms with Gasteiger partial charge in [0.15, 0.2) is 0 Å². The van der Waals surface area contributed by atoms with E-state index in [1.807, 2.05) is 18.2 Å². The van der Waals surface area contributed by atoms with Crippen LogP contribution < -0.4 is 11.1 Å². The van der Waals surface area contributed by atoms with Crippen LogP contribution in [0.1, 0.15) is 26.7 Å². The summed E-state index contributed by atoms with van der Waals surface area (Å²) in [5, 5.41) is 3.35. The van der Waals surface area contributed by atoms with Crippen LogP contribution >= 0.6 is 0 Å². The number of aromatic amines is 1. The van der Waals surface area contributed by atoms with Gasteiger partial charge in [-0.1, -0.05) is 26.7 Å². The molecule has 0 atom stereocenters. The van der Waals surface area contributed by atoms with Crippen molar-refractivity contribution in [2.75, 3.05) is 17.6 Å². The van der Waals surface area contributed by atoms with E-state index in [-0.39, 0.29) is 0 Å². The fourth-order valence-corrected chi connectivity index (χ4v) is 1.93. The average molecular weight is 232 g/mol. The molecule has 0 aliphatic rings. The minimum Gasteiger partial charge on any atom is -0.399 e. The lowest BCUT2D eigenvalue weighted by Crippen LogP contribution is -2.13. The van der Waals surface area contributed by atoms with Gasteiger partial charge in [0, 0.05) is 12.2 Å². The van der Waals surface area contributed by atoms with Crippen LogP contribution in [0, 0.1) is 5.92 Å². The molecule has 0 radical (unpaired) electrons. The second-order valence-electron chi connectivity index (χ2n) is 4.43. The Morgan fingerprint density at radius 1 is 1.35 bits per heavy atom. The van der Waals surface area contributed by atoms with Gasteiger partial charge in [0.05, 0.1) is 11.0 Å². The molecule has 17 heavy (non-hydrogen) atoms. The molecule has 0 bridgehead atoms. The second kappa shape index (κ2) is 5.08. The first-order chi connectivity index (χ1) is 8.22. The Bertz CT molecular complexity index is 485. The van der Waals surface area contributed by atoms with E-state index in [0.29, 0.717) is 5.92 Å². The van der Waals surface area contributed by atoms with Gasteiger partial charge < -0.3 is 16.0 Å². The van der Waals surface area contributed by atoms with Crippen molar-refractivity contribution in [1.29, 1.82) is 0 Å². The fourth-order valence-electron chi connectivity index (χ4n) is 1.93. The maximum atomic E-state index is 5.73. The molecule has 0 saturated heterocycles. The summed E-state index contributed by atoms with van der Waals surface area (Å²) in [6.45, 7) is 5.40. The highest BCUT2D eigenvalue weighted by Gasteiger charge is 2.06. The molecule has 2 rings (SSSR count). The summed E-state index contributed by atoms with van der Waals surface area (Å²) in [5.74, 6) is 1.53. The highest BCUT2D eigenvalue weighted by atomic mass is 15.1. The summed E-state index contributed by atoms with van der Waals surface area (Å²) < 4.78 is 0. The Morgan fingerprint density at radius 3 is 2.82 bits per heavy atom. The molecule has 4 nitrogen and oxygen atoms in total. The molecule has 4 heteroatoms. The number of hydrogen-bond acceptors (Lipinski definition) is 3. The molecule has 1 heterocycles. The Kier molecular flexibility index (Phi) is 3.52. The smallest absolute Gasteiger partial charge is 0.201 e. The number of benzene rings is 1. The monoisotopic (exact) mass is 232 g/mol. The minimum atomic E-state index is 0.702. The first-order valence-corrected chi connectivity index (χ1v) is 6.22. The van der Waals surface area contributed by atoms with Crippen molar-refractivity contribution >= 4 is 22.7 Å². The predicted octanol–water partition coefficient (Wildman–Crippen LogP) is 2.99. The summed E-state index contributed by atoms with van der Waals surface area (Å²) in [7, 11) is 0. The van der Waals surface area contributed by atoms with Crippen molar-refractivity contribution in [1.82, 2.24) is 9.97 Å². The Hall–Kier alpha value is -1.71. The zero-order valence-electron chi connectivity index (χ0n) is 10.5. The molecule has 0 fully saturated rings. The Labute approximate surface area is 102 Å². The highest BCUT2D eigenvalue weighted by Crippen LogP contribution is 2.17. The molecule has 0 aliphatic carbocycles. The molecule has 0 amide bonds. The molecule has 0 aliphatic heterocycles. The lowest BCUT2D eigenvalue weighted by atomic mass is 10.0. The predicted molar refractivity (Wildman–Crippen MR) is 73.1 cm³/mol. The Morgan fingerprint density at radius 2 is 2.12 bits per heavy atom. The van der Waals surface area contributed by atoms with Gasteiger partial charge in [-0.2, -0.15) is 0 Å². The van der Waals surface area contributed by atoms with Crippen LogP contribution in [0.3, 0.4) is 0 Å². The van der Waals surface area contributed by atoms with Gasteiger partial charge in [0.2, 0.25) is 5.95 Å². The van der Waals surface area contributed by atoms with Crippen LogP contribution in [0.5, 0.6) is 0 Å². The number of nitrogen functional groups attached to an aromatic ring is 1. The maximum Gasteiger partial charge on any atom is 0.201 e. The molecule has 2 aromatic rings. The standard InChI is InChI=1S/C13H20N4/c1-3-9(4-2)8-15-13-16-11-6-5-10(14)7-12(11)17-13/h5-7,9H,3-4,8,14H2,1-2H3,(H2,15,16,17). The normalized spacial score (nSPS) is 11.2. The first-order valence-electron chi connectivity index (χ1n) is 6.22. The van der Waals surface area contributed by atoms with Crippen molar-refractivity contribution in [3.05, 3.63) is 18.2 Å². The summed E-state index contributed by atoms with van der Waals surface area (Å²) in [6, 6.07) is 5.71. The van der Waals surface area contributed by atoms with Crippen molar-refractivity contribution in [2.24, 2.45) is 5.92 Å². The van der Waals surface area contributed by atoms with E-state index in [1.54, 1.807) is 0 Å². The van der Waals surface area contributed by atoms with Crippen LogP contribution in [0.25, 0.3) is 11.0 Å². The van der Waals surface area contributed by atoms with E-state index >= 15 is 0 Å². The van der Waals surface area contributed by atoms with Crippen molar-refractivity contribution in [3.8, 4) is 0 Å². The molecule has 92 valence electrons. The number of H-pyrrole nitrogens is 1. The number of rotatable bonds is 5. The number of fused-ring (bicyclic) bond motifs is 1. The van der Waals surface area contributed by atoms with Gasteiger partial charge in [0.25, 0.3) is 0 Å².